The lowest BCUT2D eigenvalue weighted by molar-refractivity contribution is -0.103. The Balaban J connectivity index is 1.54. The van der Waals surface area contributed by atoms with E-state index in [1.807, 2.05) is 0 Å². The van der Waals surface area contributed by atoms with E-state index >= 15 is 0 Å². The molecular formula is C20H29BO2. The van der Waals surface area contributed by atoms with Gasteiger partial charge in [-0.3, -0.25) is 0 Å². The first kappa shape index (κ1) is 15.7. The number of hydrogen-bond acceptors (Lipinski definition) is 2. The van der Waals surface area contributed by atoms with Crippen molar-refractivity contribution in [2.24, 2.45) is 23.2 Å². The van der Waals surface area contributed by atoms with Crippen LogP contribution in [0.25, 0.3) is 0 Å². The minimum absolute atomic E-state index is 0.0344. The third-order valence-corrected chi connectivity index (χ3v) is 7.19. The third kappa shape index (κ3) is 2.31. The first-order valence-electron chi connectivity index (χ1n) is 9.19. The Labute approximate surface area is 141 Å². The Morgan fingerprint density at radius 3 is 2.35 bits per heavy atom. The van der Waals surface area contributed by atoms with Gasteiger partial charge in [0.15, 0.2) is 0 Å². The average Bonchev–Trinajstić information content (AvgIpc) is 2.83. The molecule has 2 nitrogen and oxygen atoms in total. The lowest BCUT2D eigenvalue weighted by atomic mass is 9.39. The minimum atomic E-state index is -0.261. The fourth-order valence-corrected chi connectivity index (χ4v) is 5.53. The quantitative estimate of drug-likeness (QED) is 0.706. The Morgan fingerprint density at radius 2 is 1.74 bits per heavy atom. The molecule has 0 aromatic heterocycles. The second kappa shape index (κ2) is 5.10. The standard InChI is InChI=1S/C20H29BO2/c1-13-16-11-15(19(16,2)3)12-17(13)21-22-18(20(4,5)23-21)14-9-7-6-8-10-14/h6-10,13,15-18H,11-12H2,1-5H3/t13-,15-,16-,17-,18-/m0/s1. The first-order chi connectivity index (χ1) is 10.8. The zero-order chi connectivity index (χ0) is 16.4. The Bertz CT molecular complexity index is 583. The smallest absolute Gasteiger partial charge is 0.403 e. The molecule has 2 bridgehead atoms. The van der Waals surface area contributed by atoms with Gasteiger partial charge in [-0.2, -0.15) is 0 Å². The maximum atomic E-state index is 6.49. The molecule has 5 atom stereocenters. The van der Waals surface area contributed by atoms with Crippen molar-refractivity contribution in [3.8, 4) is 0 Å². The SMILES string of the molecule is C[C@@H]1[C@@H](B2O[C@@H](c3ccccc3)C(C)(C)O2)C[C@@H]2C[C@@H]1C2(C)C. The van der Waals surface area contributed by atoms with Crippen LogP contribution in [0.3, 0.4) is 0 Å². The molecular weight excluding hydrogens is 283 g/mol. The van der Waals surface area contributed by atoms with Crippen LogP contribution in [-0.4, -0.2) is 12.7 Å². The van der Waals surface area contributed by atoms with Crippen molar-refractivity contribution in [3.05, 3.63) is 35.9 Å². The fourth-order valence-electron chi connectivity index (χ4n) is 5.53. The van der Waals surface area contributed by atoms with Crippen LogP contribution in [0, 0.1) is 23.2 Å². The molecule has 0 spiro atoms. The molecule has 1 aromatic rings. The van der Waals surface area contributed by atoms with Gasteiger partial charge in [-0.1, -0.05) is 51.1 Å². The molecule has 1 saturated heterocycles. The van der Waals surface area contributed by atoms with Gasteiger partial charge in [0.2, 0.25) is 0 Å². The zero-order valence-corrected chi connectivity index (χ0v) is 15.1. The van der Waals surface area contributed by atoms with E-state index < -0.39 is 0 Å². The maximum absolute atomic E-state index is 6.49. The molecule has 0 unspecified atom stereocenters. The van der Waals surface area contributed by atoms with Crippen LogP contribution < -0.4 is 0 Å². The second-order valence-electron chi connectivity index (χ2n) is 9.14. The summed E-state index contributed by atoms with van der Waals surface area (Å²) < 4.78 is 12.9. The summed E-state index contributed by atoms with van der Waals surface area (Å²) in [6.07, 6.45) is 2.70. The Hall–Kier alpha value is -0.795. The van der Waals surface area contributed by atoms with E-state index in [9.17, 15) is 0 Å². The summed E-state index contributed by atoms with van der Waals surface area (Å²) in [5.74, 6) is 2.90. The molecule has 0 radical (unpaired) electrons. The minimum Gasteiger partial charge on any atom is -0.403 e. The van der Waals surface area contributed by atoms with Gasteiger partial charge in [-0.15, -0.1) is 0 Å². The van der Waals surface area contributed by atoms with Crippen molar-refractivity contribution in [1.82, 2.24) is 0 Å². The maximum Gasteiger partial charge on any atom is 0.461 e. The van der Waals surface area contributed by atoms with Crippen LogP contribution in [0.15, 0.2) is 30.3 Å². The summed E-state index contributed by atoms with van der Waals surface area (Å²) in [6.45, 7) is 11.7. The van der Waals surface area contributed by atoms with Crippen LogP contribution in [0.4, 0.5) is 0 Å². The normalized spacial score (nSPS) is 40.7. The van der Waals surface area contributed by atoms with E-state index in [0.29, 0.717) is 17.2 Å². The summed E-state index contributed by atoms with van der Waals surface area (Å²) in [5, 5.41) is 0. The highest BCUT2D eigenvalue weighted by Gasteiger charge is 2.61. The fraction of sp³-hybridized carbons (Fsp3) is 0.700. The predicted molar refractivity (Wildman–Crippen MR) is 94.1 cm³/mol. The van der Waals surface area contributed by atoms with Gasteiger partial charge >= 0.3 is 7.12 Å². The molecule has 1 aromatic carbocycles. The molecule has 3 heteroatoms. The summed E-state index contributed by atoms with van der Waals surface area (Å²) in [6, 6.07) is 10.5. The van der Waals surface area contributed by atoms with Gasteiger partial charge in [0.1, 0.15) is 0 Å². The molecule has 4 aliphatic rings. The number of fused-ring (bicyclic) bond motifs is 2. The molecule has 23 heavy (non-hydrogen) atoms. The molecule has 4 fully saturated rings. The molecule has 124 valence electrons. The number of hydrogen-bond donors (Lipinski definition) is 0. The van der Waals surface area contributed by atoms with E-state index in [-0.39, 0.29) is 18.8 Å². The highest BCUT2D eigenvalue weighted by molar-refractivity contribution is 6.47. The zero-order valence-electron chi connectivity index (χ0n) is 15.1. The lowest BCUT2D eigenvalue weighted by Gasteiger charge is -2.62. The first-order valence-corrected chi connectivity index (χ1v) is 9.19. The second-order valence-corrected chi connectivity index (χ2v) is 9.14. The van der Waals surface area contributed by atoms with Gasteiger partial charge in [0, 0.05) is 0 Å². The van der Waals surface area contributed by atoms with Crippen molar-refractivity contribution in [2.45, 2.75) is 65.0 Å². The molecule has 0 amide bonds. The van der Waals surface area contributed by atoms with E-state index in [0.717, 1.165) is 11.8 Å². The van der Waals surface area contributed by atoms with Gasteiger partial charge < -0.3 is 9.31 Å². The summed E-state index contributed by atoms with van der Waals surface area (Å²) in [5.41, 5.74) is 1.49. The highest BCUT2D eigenvalue weighted by atomic mass is 16.7. The van der Waals surface area contributed by atoms with Crippen molar-refractivity contribution < 1.29 is 9.31 Å². The van der Waals surface area contributed by atoms with Gasteiger partial charge in [-0.25, -0.2) is 0 Å². The lowest BCUT2D eigenvalue weighted by Crippen LogP contribution is -2.56. The van der Waals surface area contributed by atoms with Gasteiger partial charge in [0.05, 0.1) is 11.7 Å². The van der Waals surface area contributed by atoms with Crippen molar-refractivity contribution in [1.29, 1.82) is 0 Å². The number of rotatable bonds is 2. The molecule has 1 heterocycles. The monoisotopic (exact) mass is 312 g/mol. The predicted octanol–water partition coefficient (Wildman–Crippen LogP) is 5.11. The topological polar surface area (TPSA) is 18.5 Å². The van der Waals surface area contributed by atoms with Crippen molar-refractivity contribution in [3.63, 3.8) is 0 Å². The largest absolute Gasteiger partial charge is 0.461 e. The third-order valence-electron chi connectivity index (χ3n) is 7.19. The molecule has 3 saturated carbocycles. The van der Waals surface area contributed by atoms with Crippen molar-refractivity contribution in [2.75, 3.05) is 0 Å². The van der Waals surface area contributed by atoms with Crippen LogP contribution in [0.2, 0.25) is 5.82 Å². The highest BCUT2D eigenvalue weighted by Crippen LogP contribution is 2.66. The molecule has 0 N–H and O–H groups in total. The average molecular weight is 312 g/mol. The van der Waals surface area contributed by atoms with E-state index in [2.05, 4.69) is 65.0 Å². The van der Waals surface area contributed by atoms with Gasteiger partial charge in [0.25, 0.3) is 0 Å². The van der Waals surface area contributed by atoms with Crippen LogP contribution in [-0.2, 0) is 9.31 Å². The molecule has 3 aliphatic carbocycles. The Morgan fingerprint density at radius 1 is 1.04 bits per heavy atom. The molecule has 1 aliphatic heterocycles. The van der Waals surface area contributed by atoms with E-state index in [1.165, 1.54) is 18.4 Å². The van der Waals surface area contributed by atoms with E-state index in [1.54, 1.807) is 0 Å². The van der Waals surface area contributed by atoms with Crippen LogP contribution >= 0.6 is 0 Å². The summed E-state index contributed by atoms with van der Waals surface area (Å²) in [4.78, 5) is 0. The van der Waals surface area contributed by atoms with Crippen LogP contribution in [0.5, 0.6) is 0 Å². The number of benzene rings is 1. The van der Waals surface area contributed by atoms with Crippen molar-refractivity contribution >= 4 is 7.12 Å². The summed E-state index contributed by atoms with van der Waals surface area (Å²) >= 11 is 0. The summed E-state index contributed by atoms with van der Waals surface area (Å²) in [7, 11) is -0.0494. The van der Waals surface area contributed by atoms with E-state index in [4.69, 9.17) is 9.31 Å². The molecule has 5 rings (SSSR count). The van der Waals surface area contributed by atoms with Crippen LogP contribution in [0.1, 0.15) is 59.1 Å². The van der Waals surface area contributed by atoms with Gasteiger partial charge in [-0.05, 0) is 61.2 Å². The Kier molecular flexibility index (Phi) is 3.48.